The Morgan fingerprint density at radius 1 is 1.78 bits per heavy atom. The molecule has 0 radical (unpaired) electrons. The van der Waals surface area contributed by atoms with Gasteiger partial charge in [-0.2, -0.15) is 0 Å². The highest BCUT2D eigenvalue weighted by molar-refractivity contribution is 5.71. The first-order valence-electron chi connectivity index (χ1n) is 2.99. The average molecular weight is 132 g/mol. The number of rotatable bonds is 3. The van der Waals surface area contributed by atoms with Gasteiger partial charge in [-0.15, -0.1) is 0 Å². The summed E-state index contributed by atoms with van der Waals surface area (Å²) < 4.78 is 4.60. The van der Waals surface area contributed by atoms with Gasteiger partial charge >= 0.3 is 5.97 Å². The van der Waals surface area contributed by atoms with Crippen molar-refractivity contribution in [1.29, 1.82) is 0 Å². The Bertz CT molecular complexity index is 90.3. The molecule has 0 aromatic rings. The van der Waals surface area contributed by atoms with E-state index in [1.807, 2.05) is 0 Å². The third-order valence-corrected chi connectivity index (χ3v) is 0.963. The van der Waals surface area contributed by atoms with Crippen LogP contribution in [0.2, 0.25) is 0 Å². The molecule has 9 heavy (non-hydrogen) atoms. The molecule has 0 saturated heterocycles. The van der Waals surface area contributed by atoms with E-state index in [4.69, 9.17) is 5.11 Å². The van der Waals surface area contributed by atoms with Crippen LogP contribution < -0.4 is 0 Å². The van der Waals surface area contributed by atoms with Crippen LogP contribution in [0.1, 0.15) is 13.8 Å². The van der Waals surface area contributed by atoms with E-state index in [-0.39, 0.29) is 18.5 Å². The van der Waals surface area contributed by atoms with Crippen LogP contribution >= 0.6 is 0 Å². The lowest BCUT2D eigenvalue weighted by atomic mass is 10.2. The van der Waals surface area contributed by atoms with Crippen molar-refractivity contribution >= 4 is 5.97 Å². The van der Waals surface area contributed by atoms with Crippen LogP contribution in [0, 0.1) is 5.92 Å². The van der Waals surface area contributed by atoms with Crippen molar-refractivity contribution in [2.75, 3.05) is 13.2 Å². The monoisotopic (exact) mass is 132 g/mol. The van der Waals surface area contributed by atoms with Crippen molar-refractivity contribution in [2.24, 2.45) is 5.92 Å². The van der Waals surface area contributed by atoms with Crippen LogP contribution in [0.3, 0.4) is 0 Å². The van der Waals surface area contributed by atoms with E-state index in [0.29, 0.717) is 6.61 Å². The van der Waals surface area contributed by atoms with Gasteiger partial charge in [0.1, 0.15) is 0 Å². The summed E-state index contributed by atoms with van der Waals surface area (Å²) in [5.41, 5.74) is 0. The van der Waals surface area contributed by atoms with Gasteiger partial charge in [-0.3, -0.25) is 4.79 Å². The molecule has 54 valence electrons. The molecular weight excluding hydrogens is 120 g/mol. The van der Waals surface area contributed by atoms with Gasteiger partial charge in [-0.25, -0.2) is 0 Å². The van der Waals surface area contributed by atoms with Crippen LogP contribution in [0.5, 0.6) is 0 Å². The minimum atomic E-state index is -0.384. The lowest BCUT2D eigenvalue weighted by Gasteiger charge is -2.05. The molecule has 3 heteroatoms. The molecule has 0 rings (SSSR count). The summed E-state index contributed by atoms with van der Waals surface area (Å²) in [6, 6.07) is 0. The average Bonchev–Trinajstić information content (AvgIpc) is 1.87. The first kappa shape index (κ1) is 8.43. The lowest BCUT2D eigenvalue weighted by Crippen LogP contribution is -2.17. The Labute approximate surface area is 54.6 Å². The van der Waals surface area contributed by atoms with Gasteiger partial charge in [0.05, 0.1) is 19.1 Å². The molecule has 0 aromatic heterocycles. The van der Waals surface area contributed by atoms with Crippen LogP contribution in [0.4, 0.5) is 0 Å². The zero-order valence-corrected chi connectivity index (χ0v) is 5.76. The topological polar surface area (TPSA) is 46.5 Å². The Morgan fingerprint density at radius 2 is 2.33 bits per heavy atom. The second-order valence-electron chi connectivity index (χ2n) is 1.84. The van der Waals surface area contributed by atoms with Gasteiger partial charge in [0.2, 0.25) is 0 Å². The van der Waals surface area contributed by atoms with Crippen molar-refractivity contribution in [3.05, 3.63) is 0 Å². The SMILES string of the molecule is CCOC(=O)C(C)CO. The van der Waals surface area contributed by atoms with Crippen molar-refractivity contribution in [1.82, 2.24) is 0 Å². The number of aliphatic hydroxyl groups excluding tert-OH is 1. The molecule has 0 fully saturated rings. The molecular formula is C6H12O3. The van der Waals surface area contributed by atoms with E-state index in [2.05, 4.69) is 4.74 Å². The number of aliphatic hydroxyl groups is 1. The molecule has 1 atom stereocenters. The zero-order valence-electron chi connectivity index (χ0n) is 5.76. The van der Waals surface area contributed by atoms with E-state index < -0.39 is 0 Å². The molecule has 0 aromatic carbocycles. The molecule has 1 unspecified atom stereocenters. The van der Waals surface area contributed by atoms with Gasteiger partial charge in [0, 0.05) is 0 Å². The van der Waals surface area contributed by atoms with Crippen molar-refractivity contribution in [3.8, 4) is 0 Å². The Morgan fingerprint density at radius 3 is 2.67 bits per heavy atom. The molecule has 0 spiro atoms. The summed E-state index contributed by atoms with van der Waals surface area (Å²) in [7, 11) is 0. The summed E-state index contributed by atoms with van der Waals surface area (Å²) >= 11 is 0. The summed E-state index contributed by atoms with van der Waals surface area (Å²) in [5.74, 6) is -0.718. The standard InChI is InChI=1S/C6H12O3/c1-3-9-6(8)5(2)4-7/h5,7H,3-4H2,1-2H3. The minimum Gasteiger partial charge on any atom is -0.466 e. The predicted octanol–water partition coefficient (Wildman–Crippen LogP) is 0.178. The highest BCUT2D eigenvalue weighted by atomic mass is 16.5. The molecule has 3 nitrogen and oxygen atoms in total. The normalized spacial score (nSPS) is 12.8. The first-order valence-corrected chi connectivity index (χ1v) is 2.99. The maximum Gasteiger partial charge on any atom is 0.310 e. The van der Waals surface area contributed by atoms with E-state index >= 15 is 0 Å². The highest BCUT2D eigenvalue weighted by Gasteiger charge is 2.10. The molecule has 0 aliphatic heterocycles. The summed E-state index contributed by atoms with van der Waals surface area (Å²) in [5, 5.41) is 8.43. The summed E-state index contributed by atoms with van der Waals surface area (Å²) in [6.45, 7) is 3.60. The van der Waals surface area contributed by atoms with Crippen molar-refractivity contribution in [2.45, 2.75) is 13.8 Å². The van der Waals surface area contributed by atoms with Crippen molar-refractivity contribution in [3.63, 3.8) is 0 Å². The molecule has 0 amide bonds. The second kappa shape index (κ2) is 4.32. The minimum absolute atomic E-state index is 0.140. The van der Waals surface area contributed by atoms with Crippen LogP contribution in [-0.2, 0) is 9.53 Å². The van der Waals surface area contributed by atoms with Gasteiger partial charge in [0.25, 0.3) is 0 Å². The molecule has 0 aliphatic carbocycles. The fourth-order valence-corrected chi connectivity index (χ4v) is 0.359. The predicted molar refractivity (Wildman–Crippen MR) is 32.9 cm³/mol. The van der Waals surface area contributed by atoms with Crippen LogP contribution in [0.15, 0.2) is 0 Å². The van der Waals surface area contributed by atoms with E-state index in [9.17, 15) is 4.79 Å². The number of hydrogen-bond acceptors (Lipinski definition) is 3. The zero-order chi connectivity index (χ0) is 7.28. The fourth-order valence-electron chi connectivity index (χ4n) is 0.359. The number of hydrogen-bond donors (Lipinski definition) is 1. The van der Waals surface area contributed by atoms with Crippen LogP contribution in [0.25, 0.3) is 0 Å². The quantitative estimate of drug-likeness (QED) is 0.557. The fraction of sp³-hybridized carbons (Fsp3) is 0.833. The lowest BCUT2D eigenvalue weighted by molar-refractivity contribution is -0.148. The molecule has 0 bridgehead atoms. The van der Waals surface area contributed by atoms with Gasteiger partial charge in [-0.05, 0) is 13.8 Å². The highest BCUT2D eigenvalue weighted by Crippen LogP contribution is 1.95. The Kier molecular flexibility index (Phi) is 4.05. The maximum absolute atomic E-state index is 10.6. The Balaban J connectivity index is 3.46. The number of carbonyl (C=O) groups excluding carboxylic acids is 1. The van der Waals surface area contributed by atoms with Gasteiger partial charge in [-0.1, -0.05) is 0 Å². The van der Waals surface area contributed by atoms with E-state index in [1.54, 1.807) is 13.8 Å². The van der Waals surface area contributed by atoms with Crippen LogP contribution in [-0.4, -0.2) is 24.3 Å². The molecule has 1 N–H and O–H groups in total. The number of esters is 1. The molecule has 0 saturated carbocycles. The van der Waals surface area contributed by atoms with Gasteiger partial charge < -0.3 is 9.84 Å². The second-order valence-corrected chi connectivity index (χ2v) is 1.84. The van der Waals surface area contributed by atoms with E-state index in [0.717, 1.165) is 0 Å². The number of ether oxygens (including phenoxy) is 1. The smallest absolute Gasteiger partial charge is 0.310 e. The Hall–Kier alpha value is -0.570. The third-order valence-electron chi connectivity index (χ3n) is 0.963. The number of carbonyl (C=O) groups is 1. The first-order chi connectivity index (χ1) is 4.22. The molecule has 0 aliphatic rings. The van der Waals surface area contributed by atoms with Gasteiger partial charge in [0.15, 0.2) is 0 Å². The van der Waals surface area contributed by atoms with E-state index in [1.165, 1.54) is 0 Å². The molecule has 0 heterocycles. The third kappa shape index (κ3) is 3.08. The maximum atomic E-state index is 10.6. The van der Waals surface area contributed by atoms with Crippen molar-refractivity contribution < 1.29 is 14.6 Å². The summed E-state index contributed by atoms with van der Waals surface area (Å²) in [4.78, 5) is 10.6. The largest absolute Gasteiger partial charge is 0.466 e. The summed E-state index contributed by atoms with van der Waals surface area (Å²) in [6.07, 6.45) is 0.